The Kier molecular flexibility index (Phi) is 6.09. The molecule has 1 amide bonds. The van der Waals surface area contributed by atoms with Gasteiger partial charge >= 0.3 is 5.69 Å². The largest absolute Gasteiger partial charge is 0.392 e. The lowest BCUT2D eigenvalue weighted by atomic mass is 10.0. The first-order valence-electron chi connectivity index (χ1n) is 10.4. The zero-order valence-electron chi connectivity index (χ0n) is 18.2. The fourth-order valence-electron chi connectivity index (χ4n) is 3.56. The third kappa shape index (κ3) is 4.63. The molecule has 0 aliphatic carbocycles. The standard InChI is InChI=1S/C24H21N7O3/c1-14(28-23(33)21-20(26)22(32)30-24(34)29-21)15-7-4-8-16(9-15)19-11-27-31(13-19)12-18-6-3-2-5-17(18)10-25/h2-9,11,13-14H,12,26H2,1H3,(H,28,33)(H2,29,30,32,34)/t14-/m1/s1. The summed E-state index contributed by atoms with van der Waals surface area (Å²) in [6.07, 6.45) is 3.62. The van der Waals surface area contributed by atoms with Crippen LogP contribution in [-0.2, 0) is 6.54 Å². The lowest BCUT2D eigenvalue weighted by Crippen LogP contribution is -2.34. The van der Waals surface area contributed by atoms with Gasteiger partial charge in [-0.3, -0.25) is 19.3 Å². The van der Waals surface area contributed by atoms with Crippen LogP contribution in [0.5, 0.6) is 0 Å². The molecule has 10 heteroatoms. The van der Waals surface area contributed by atoms with E-state index in [9.17, 15) is 19.6 Å². The second kappa shape index (κ2) is 9.30. The Hall–Kier alpha value is -4.91. The molecule has 0 fully saturated rings. The van der Waals surface area contributed by atoms with Gasteiger partial charge in [0.2, 0.25) is 0 Å². The van der Waals surface area contributed by atoms with E-state index in [1.165, 1.54) is 0 Å². The van der Waals surface area contributed by atoms with Crippen LogP contribution < -0.4 is 22.3 Å². The summed E-state index contributed by atoms with van der Waals surface area (Å²) in [5.74, 6) is -0.664. The number of nitrogens with two attached hydrogens (primary N) is 1. The van der Waals surface area contributed by atoms with E-state index in [-0.39, 0.29) is 11.4 Å². The molecule has 2 aromatic carbocycles. The summed E-state index contributed by atoms with van der Waals surface area (Å²) in [5, 5.41) is 16.4. The number of carbonyl (C=O) groups excluding carboxylic acids is 1. The number of carbonyl (C=O) groups is 1. The Balaban J connectivity index is 1.52. The predicted octanol–water partition coefficient (Wildman–Crippen LogP) is 1.92. The van der Waals surface area contributed by atoms with Crippen LogP contribution in [0.1, 0.15) is 40.1 Å². The summed E-state index contributed by atoms with van der Waals surface area (Å²) in [6.45, 7) is 2.24. The summed E-state index contributed by atoms with van der Waals surface area (Å²) < 4.78 is 1.76. The van der Waals surface area contributed by atoms with E-state index in [0.717, 1.165) is 22.3 Å². The summed E-state index contributed by atoms with van der Waals surface area (Å²) in [4.78, 5) is 40.0. The van der Waals surface area contributed by atoms with Gasteiger partial charge in [0.15, 0.2) is 0 Å². The zero-order chi connectivity index (χ0) is 24.2. The van der Waals surface area contributed by atoms with Crippen molar-refractivity contribution in [2.75, 3.05) is 5.73 Å². The third-order valence-corrected chi connectivity index (χ3v) is 5.38. The van der Waals surface area contributed by atoms with Crippen LogP contribution in [0.2, 0.25) is 0 Å². The van der Waals surface area contributed by atoms with Crippen LogP contribution in [0, 0.1) is 11.3 Å². The Morgan fingerprint density at radius 1 is 1.18 bits per heavy atom. The Bertz CT molecular complexity index is 1520. The zero-order valence-corrected chi connectivity index (χ0v) is 18.2. The van der Waals surface area contributed by atoms with Crippen molar-refractivity contribution in [2.24, 2.45) is 0 Å². The van der Waals surface area contributed by atoms with Gasteiger partial charge in [-0.1, -0.05) is 36.4 Å². The summed E-state index contributed by atoms with van der Waals surface area (Å²) in [7, 11) is 0. The highest BCUT2D eigenvalue weighted by Crippen LogP contribution is 2.24. The number of nitrogens with zero attached hydrogens (tertiary/aromatic N) is 3. The van der Waals surface area contributed by atoms with E-state index in [0.29, 0.717) is 12.1 Å². The second-order valence-corrected chi connectivity index (χ2v) is 7.71. The van der Waals surface area contributed by atoms with Crippen molar-refractivity contribution in [2.45, 2.75) is 19.5 Å². The molecule has 1 atom stereocenters. The van der Waals surface area contributed by atoms with E-state index in [2.05, 4.69) is 21.5 Å². The third-order valence-electron chi connectivity index (χ3n) is 5.38. The monoisotopic (exact) mass is 455 g/mol. The SMILES string of the molecule is C[C@@H](NC(=O)c1[nH]c(=O)[nH]c(=O)c1N)c1cccc(-c2cnn(Cc3ccccc3C#N)c2)c1. The first-order chi connectivity index (χ1) is 16.4. The maximum absolute atomic E-state index is 12.6. The fraction of sp³-hybridized carbons (Fsp3) is 0.125. The summed E-state index contributed by atoms with van der Waals surface area (Å²) in [5.41, 5.74) is 7.42. The predicted molar refractivity (Wildman–Crippen MR) is 126 cm³/mol. The minimum atomic E-state index is -0.821. The van der Waals surface area contributed by atoms with E-state index in [1.807, 2.05) is 53.6 Å². The molecular weight excluding hydrogens is 434 g/mol. The lowest BCUT2D eigenvalue weighted by Gasteiger charge is -2.15. The molecule has 0 spiro atoms. The number of hydrogen-bond donors (Lipinski definition) is 4. The van der Waals surface area contributed by atoms with Crippen molar-refractivity contribution in [3.63, 3.8) is 0 Å². The second-order valence-electron chi connectivity index (χ2n) is 7.71. The molecule has 34 heavy (non-hydrogen) atoms. The van der Waals surface area contributed by atoms with Gasteiger partial charge in [-0.05, 0) is 35.7 Å². The minimum absolute atomic E-state index is 0.282. The molecule has 170 valence electrons. The summed E-state index contributed by atoms with van der Waals surface area (Å²) >= 11 is 0. The van der Waals surface area contributed by atoms with Gasteiger partial charge in [0.1, 0.15) is 11.4 Å². The van der Waals surface area contributed by atoms with Crippen LogP contribution in [0.4, 0.5) is 5.69 Å². The number of amides is 1. The van der Waals surface area contributed by atoms with Crippen molar-refractivity contribution in [3.8, 4) is 17.2 Å². The molecule has 0 saturated carbocycles. The van der Waals surface area contributed by atoms with E-state index < -0.39 is 23.2 Å². The number of anilines is 1. The molecule has 0 bridgehead atoms. The topological polar surface area (TPSA) is 162 Å². The summed E-state index contributed by atoms with van der Waals surface area (Å²) in [6, 6.07) is 16.7. The van der Waals surface area contributed by atoms with Gasteiger partial charge in [-0.25, -0.2) is 4.79 Å². The van der Waals surface area contributed by atoms with E-state index >= 15 is 0 Å². The molecule has 0 unspecified atom stereocenters. The van der Waals surface area contributed by atoms with Crippen LogP contribution in [0.3, 0.4) is 0 Å². The van der Waals surface area contributed by atoms with Gasteiger partial charge in [0.05, 0.1) is 30.4 Å². The van der Waals surface area contributed by atoms with E-state index in [4.69, 9.17) is 5.73 Å². The van der Waals surface area contributed by atoms with Gasteiger partial charge < -0.3 is 16.0 Å². The van der Waals surface area contributed by atoms with Crippen molar-refractivity contribution < 1.29 is 4.79 Å². The number of nitrogen functional groups attached to an aromatic ring is 1. The van der Waals surface area contributed by atoms with Crippen molar-refractivity contribution >= 4 is 11.6 Å². The number of benzene rings is 2. The Morgan fingerprint density at radius 3 is 2.76 bits per heavy atom. The molecule has 2 heterocycles. The van der Waals surface area contributed by atoms with Crippen molar-refractivity contribution in [1.29, 1.82) is 5.26 Å². The first kappa shape index (κ1) is 22.3. The fourth-order valence-corrected chi connectivity index (χ4v) is 3.56. The number of aromatic nitrogens is 4. The number of nitriles is 1. The molecule has 4 aromatic rings. The minimum Gasteiger partial charge on any atom is -0.392 e. The normalized spacial score (nSPS) is 11.5. The molecule has 4 rings (SSSR count). The van der Waals surface area contributed by atoms with Crippen LogP contribution in [-0.4, -0.2) is 25.7 Å². The average Bonchev–Trinajstić information content (AvgIpc) is 3.30. The first-order valence-corrected chi connectivity index (χ1v) is 10.4. The van der Waals surface area contributed by atoms with Gasteiger partial charge in [0.25, 0.3) is 11.5 Å². The molecule has 0 aliphatic rings. The van der Waals surface area contributed by atoms with E-state index in [1.54, 1.807) is 23.9 Å². The smallest absolute Gasteiger partial charge is 0.326 e. The molecular formula is C24H21N7O3. The van der Waals surface area contributed by atoms with Gasteiger partial charge in [-0.15, -0.1) is 0 Å². The molecule has 0 radical (unpaired) electrons. The quantitative estimate of drug-likeness (QED) is 0.347. The van der Waals surface area contributed by atoms with Crippen LogP contribution in [0.15, 0.2) is 70.5 Å². The number of H-pyrrole nitrogens is 2. The van der Waals surface area contributed by atoms with Crippen molar-refractivity contribution in [3.05, 3.63) is 104 Å². The van der Waals surface area contributed by atoms with Crippen LogP contribution >= 0.6 is 0 Å². The molecule has 0 aliphatic heterocycles. The Labute approximate surface area is 193 Å². The molecule has 5 N–H and O–H groups in total. The van der Waals surface area contributed by atoms with Gasteiger partial charge in [-0.2, -0.15) is 10.4 Å². The highest BCUT2D eigenvalue weighted by atomic mass is 16.2. The number of hydrogen-bond acceptors (Lipinski definition) is 6. The number of aromatic amines is 2. The molecule has 0 saturated heterocycles. The maximum Gasteiger partial charge on any atom is 0.326 e. The highest BCUT2D eigenvalue weighted by Gasteiger charge is 2.17. The lowest BCUT2D eigenvalue weighted by molar-refractivity contribution is 0.0935. The maximum atomic E-state index is 12.6. The molecule has 10 nitrogen and oxygen atoms in total. The van der Waals surface area contributed by atoms with Crippen LogP contribution in [0.25, 0.3) is 11.1 Å². The van der Waals surface area contributed by atoms with Crippen molar-refractivity contribution in [1.82, 2.24) is 25.1 Å². The highest BCUT2D eigenvalue weighted by molar-refractivity contribution is 5.97. The number of rotatable bonds is 6. The van der Waals surface area contributed by atoms with Gasteiger partial charge in [0, 0.05) is 11.8 Å². The Morgan fingerprint density at radius 2 is 1.97 bits per heavy atom. The number of nitrogens with one attached hydrogen (secondary N) is 3. The average molecular weight is 455 g/mol. The molecule has 2 aromatic heterocycles.